The zero-order valence-corrected chi connectivity index (χ0v) is 29.1. The highest BCUT2D eigenvalue weighted by Crippen LogP contribution is 2.51. The lowest BCUT2D eigenvalue weighted by atomic mass is 9.81. The van der Waals surface area contributed by atoms with Crippen LogP contribution in [0.15, 0.2) is 176 Å². The van der Waals surface area contributed by atoms with Crippen molar-refractivity contribution >= 4 is 21.8 Å². The summed E-state index contributed by atoms with van der Waals surface area (Å²) in [6, 6.07) is 57.4. The number of pyridine rings is 2. The van der Waals surface area contributed by atoms with Gasteiger partial charge in [0.25, 0.3) is 0 Å². The average Bonchev–Trinajstić information content (AvgIpc) is 3.66. The molecule has 0 N–H and O–H groups in total. The Labute approximate surface area is 303 Å². The van der Waals surface area contributed by atoms with E-state index in [1.807, 2.05) is 18.5 Å². The number of para-hydroxylation sites is 2. The molecule has 3 aromatic heterocycles. The van der Waals surface area contributed by atoms with Crippen LogP contribution in [0, 0.1) is 0 Å². The molecule has 10 rings (SSSR count). The highest BCUT2D eigenvalue weighted by atomic mass is 15.0. The minimum Gasteiger partial charge on any atom is -0.309 e. The largest absolute Gasteiger partial charge is 0.309 e. The zero-order valence-electron chi connectivity index (χ0n) is 29.1. The zero-order chi connectivity index (χ0) is 34.8. The van der Waals surface area contributed by atoms with Gasteiger partial charge in [-0.25, -0.2) is 0 Å². The summed E-state index contributed by atoms with van der Waals surface area (Å²) in [7, 11) is 0. The molecule has 6 aromatic carbocycles. The molecule has 3 heteroatoms. The Morgan fingerprint density at radius 3 is 1.75 bits per heavy atom. The maximum Gasteiger partial charge on any atom is 0.0702 e. The molecule has 0 saturated carbocycles. The monoisotopic (exact) mass is 665 g/mol. The molecular weight excluding hydrogens is 631 g/mol. The third-order valence-electron chi connectivity index (χ3n) is 11.0. The Morgan fingerprint density at radius 2 is 1.04 bits per heavy atom. The van der Waals surface area contributed by atoms with Crippen molar-refractivity contribution in [2.24, 2.45) is 0 Å². The number of hydrogen-bond acceptors (Lipinski definition) is 2. The van der Waals surface area contributed by atoms with Crippen molar-refractivity contribution in [3.63, 3.8) is 0 Å². The minimum atomic E-state index is -0.135. The van der Waals surface area contributed by atoms with Gasteiger partial charge in [0.1, 0.15) is 0 Å². The number of hydrogen-bond donors (Lipinski definition) is 0. The first-order valence-corrected chi connectivity index (χ1v) is 17.9. The molecule has 52 heavy (non-hydrogen) atoms. The summed E-state index contributed by atoms with van der Waals surface area (Å²) < 4.78 is 2.38. The predicted octanol–water partition coefficient (Wildman–Crippen LogP) is 12.5. The number of aromatic nitrogens is 3. The van der Waals surface area contributed by atoms with Crippen molar-refractivity contribution in [1.82, 2.24) is 14.5 Å². The van der Waals surface area contributed by atoms with Gasteiger partial charge in [0.05, 0.1) is 16.7 Å². The standard InChI is InChI=1S/C49H35N3/c1-49(2)44-28-35(32-14-16-33(17-15-32)46-24-20-38(31-51-46)37-9-8-26-50-30-37)18-22-40(44)41-23-19-36(29-45(41)49)34-21-25-48-43(27-34)42-12-6-7-13-47(42)52(48)39-10-4-3-5-11-39/h3-31H,1-2H3. The lowest BCUT2D eigenvalue weighted by molar-refractivity contribution is 0.661. The van der Waals surface area contributed by atoms with E-state index in [0.717, 1.165) is 22.4 Å². The van der Waals surface area contributed by atoms with E-state index in [2.05, 4.69) is 175 Å². The molecule has 0 bridgehead atoms. The van der Waals surface area contributed by atoms with Crippen molar-refractivity contribution in [3.05, 3.63) is 187 Å². The van der Waals surface area contributed by atoms with Crippen molar-refractivity contribution < 1.29 is 0 Å². The lowest BCUT2D eigenvalue weighted by Gasteiger charge is -2.22. The van der Waals surface area contributed by atoms with Crippen LogP contribution >= 0.6 is 0 Å². The van der Waals surface area contributed by atoms with E-state index >= 15 is 0 Å². The molecule has 0 saturated heterocycles. The molecule has 9 aromatic rings. The van der Waals surface area contributed by atoms with Gasteiger partial charge in [-0.3, -0.25) is 9.97 Å². The van der Waals surface area contributed by atoms with Gasteiger partial charge in [-0.1, -0.05) is 117 Å². The van der Waals surface area contributed by atoms with Crippen molar-refractivity contribution in [2.45, 2.75) is 19.3 Å². The summed E-state index contributed by atoms with van der Waals surface area (Å²) in [5.41, 5.74) is 18.0. The molecule has 1 aliphatic carbocycles. The van der Waals surface area contributed by atoms with E-state index in [1.54, 1.807) is 6.20 Å². The first-order valence-electron chi connectivity index (χ1n) is 17.9. The molecule has 0 atom stereocenters. The summed E-state index contributed by atoms with van der Waals surface area (Å²) in [6.45, 7) is 4.73. The minimum absolute atomic E-state index is 0.135. The van der Waals surface area contributed by atoms with E-state index in [-0.39, 0.29) is 5.41 Å². The van der Waals surface area contributed by atoms with Gasteiger partial charge in [-0.2, -0.15) is 0 Å². The fourth-order valence-electron chi connectivity index (χ4n) is 8.21. The van der Waals surface area contributed by atoms with Gasteiger partial charge in [-0.15, -0.1) is 0 Å². The molecule has 1 aliphatic rings. The molecule has 0 aliphatic heterocycles. The smallest absolute Gasteiger partial charge is 0.0702 e. The molecular formula is C49H35N3. The van der Waals surface area contributed by atoms with Gasteiger partial charge < -0.3 is 4.57 Å². The third-order valence-corrected chi connectivity index (χ3v) is 11.0. The van der Waals surface area contributed by atoms with E-state index in [9.17, 15) is 0 Å². The number of fused-ring (bicyclic) bond motifs is 6. The summed E-state index contributed by atoms with van der Waals surface area (Å²) in [5.74, 6) is 0. The molecule has 0 amide bonds. The summed E-state index contributed by atoms with van der Waals surface area (Å²) in [5, 5.41) is 2.54. The number of nitrogens with zero attached hydrogens (tertiary/aromatic N) is 3. The Kier molecular flexibility index (Phi) is 6.84. The fraction of sp³-hybridized carbons (Fsp3) is 0.0612. The topological polar surface area (TPSA) is 30.7 Å². The van der Waals surface area contributed by atoms with Crippen molar-refractivity contribution in [2.75, 3.05) is 0 Å². The van der Waals surface area contributed by atoms with Crippen LogP contribution in [0.3, 0.4) is 0 Å². The highest BCUT2D eigenvalue weighted by molar-refractivity contribution is 6.10. The van der Waals surface area contributed by atoms with Gasteiger partial charge in [0, 0.05) is 57.2 Å². The van der Waals surface area contributed by atoms with E-state index in [0.29, 0.717) is 0 Å². The quantitative estimate of drug-likeness (QED) is 0.183. The van der Waals surface area contributed by atoms with Crippen molar-refractivity contribution in [3.8, 4) is 61.5 Å². The van der Waals surface area contributed by atoms with Crippen molar-refractivity contribution in [1.29, 1.82) is 0 Å². The van der Waals surface area contributed by atoms with Gasteiger partial charge in [0.2, 0.25) is 0 Å². The van der Waals surface area contributed by atoms with Gasteiger partial charge in [-0.05, 0) is 99.1 Å². The first kappa shape index (κ1) is 30.3. The van der Waals surface area contributed by atoms with E-state index in [4.69, 9.17) is 4.98 Å². The van der Waals surface area contributed by atoms with E-state index < -0.39 is 0 Å². The Balaban J connectivity index is 0.965. The second-order valence-electron chi connectivity index (χ2n) is 14.3. The summed E-state index contributed by atoms with van der Waals surface area (Å²) in [4.78, 5) is 9.00. The van der Waals surface area contributed by atoms with Crippen LogP contribution in [0.4, 0.5) is 0 Å². The van der Waals surface area contributed by atoms with Crippen LogP contribution in [0.5, 0.6) is 0 Å². The van der Waals surface area contributed by atoms with E-state index in [1.165, 1.54) is 72.0 Å². The van der Waals surface area contributed by atoms with Crippen LogP contribution in [0.25, 0.3) is 83.3 Å². The summed E-state index contributed by atoms with van der Waals surface area (Å²) >= 11 is 0. The lowest BCUT2D eigenvalue weighted by Crippen LogP contribution is -2.15. The Bertz CT molecular complexity index is 2780. The van der Waals surface area contributed by atoms with Crippen LogP contribution in [-0.2, 0) is 5.41 Å². The SMILES string of the molecule is CC1(C)c2cc(-c3ccc(-c4ccc(-c5cccnc5)cn4)cc3)ccc2-c2ccc(-c3ccc4c(c3)c3ccccc3n4-c3ccccc3)cc21. The normalized spacial score (nSPS) is 13.0. The molecule has 0 unspecified atom stereocenters. The Morgan fingerprint density at radius 1 is 0.442 bits per heavy atom. The first-order chi connectivity index (χ1) is 25.5. The molecule has 0 spiro atoms. The maximum atomic E-state index is 4.76. The third kappa shape index (κ3) is 4.81. The van der Waals surface area contributed by atoms with Gasteiger partial charge in [0.15, 0.2) is 0 Å². The number of rotatable bonds is 5. The average molecular weight is 666 g/mol. The highest BCUT2D eigenvalue weighted by Gasteiger charge is 2.36. The molecule has 0 fully saturated rings. The van der Waals surface area contributed by atoms with Crippen LogP contribution < -0.4 is 0 Å². The molecule has 3 nitrogen and oxygen atoms in total. The molecule has 0 radical (unpaired) electrons. The second kappa shape index (κ2) is 11.8. The molecule has 246 valence electrons. The number of benzene rings is 6. The van der Waals surface area contributed by atoms with Crippen LogP contribution in [0.1, 0.15) is 25.0 Å². The second-order valence-corrected chi connectivity index (χ2v) is 14.3. The van der Waals surface area contributed by atoms with Gasteiger partial charge >= 0.3 is 0 Å². The predicted molar refractivity (Wildman–Crippen MR) is 216 cm³/mol. The summed E-state index contributed by atoms with van der Waals surface area (Å²) in [6.07, 6.45) is 5.58. The Hall–Kier alpha value is -6.58. The molecule has 3 heterocycles. The maximum absolute atomic E-state index is 4.76. The van der Waals surface area contributed by atoms with Crippen LogP contribution in [-0.4, -0.2) is 14.5 Å². The van der Waals surface area contributed by atoms with Crippen LogP contribution in [0.2, 0.25) is 0 Å². The fourth-order valence-corrected chi connectivity index (χ4v) is 8.21.